The van der Waals surface area contributed by atoms with Gasteiger partial charge in [-0.15, -0.1) is 0 Å². The Balaban J connectivity index is 1.54. The van der Waals surface area contributed by atoms with Crippen LogP contribution in [0.3, 0.4) is 0 Å². The van der Waals surface area contributed by atoms with Gasteiger partial charge in [0.1, 0.15) is 11.8 Å². The maximum Gasteiger partial charge on any atom is 0.274 e. The van der Waals surface area contributed by atoms with Gasteiger partial charge >= 0.3 is 0 Å². The molecule has 1 fully saturated rings. The Hall–Kier alpha value is -1.89. The molecule has 1 aliphatic heterocycles. The molecule has 3 heterocycles. The van der Waals surface area contributed by atoms with Crippen LogP contribution in [0.4, 0.5) is 0 Å². The number of ether oxygens (including phenoxy) is 1. The zero-order chi connectivity index (χ0) is 12.5. The number of nitrogens with zero attached hydrogens (tertiary/aromatic N) is 4. The lowest BCUT2D eigenvalue weighted by Gasteiger charge is -2.37. The Morgan fingerprint density at radius 2 is 2.39 bits per heavy atom. The summed E-state index contributed by atoms with van der Waals surface area (Å²) in [6, 6.07) is 1.72. The highest BCUT2D eigenvalue weighted by molar-refractivity contribution is 7.11. The van der Waals surface area contributed by atoms with E-state index < -0.39 is 0 Å². The molecule has 0 saturated carbocycles. The van der Waals surface area contributed by atoms with Gasteiger partial charge in [-0.2, -0.15) is 5.10 Å². The molecule has 0 unspecified atom stereocenters. The second kappa shape index (κ2) is 4.41. The molecular weight excluding hydrogens is 252 g/mol. The third-order valence-electron chi connectivity index (χ3n) is 2.75. The van der Waals surface area contributed by atoms with E-state index in [-0.39, 0.29) is 12.0 Å². The predicted octanol–water partition coefficient (Wildman–Crippen LogP) is 0.780. The minimum absolute atomic E-state index is 0.0452. The van der Waals surface area contributed by atoms with Crippen LogP contribution in [0.15, 0.2) is 23.8 Å². The van der Waals surface area contributed by atoms with Crippen LogP contribution in [0.1, 0.15) is 10.5 Å². The highest BCUT2D eigenvalue weighted by atomic mass is 32.1. The normalized spacial score (nSPS) is 15.5. The van der Waals surface area contributed by atoms with Gasteiger partial charge in [-0.1, -0.05) is 11.3 Å². The molecule has 0 aliphatic carbocycles. The lowest BCUT2D eigenvalue weighted by molar-refractivity contribution is 0.0172. The summed E-state index contributed by atoms with van der Waals surface area (Å²) in [5.41, 5.74) is 0.477. The molecule has 18 heavy (non-hydrogen) atoms. The zero-order valence-electron chi connectivity index (χ0n) is 9.81. The van der Waals surface area contributed by atoms with Gasteiger partial charge in [-0.3, -0.25) is 9.48 Å². The van der Waals surface area contributed by atoms with Crippen molar-refractivity contribution in [3.05, 3.63) is 29.5 Å². The minimum atomic E-state index is -0.0467. The van der Waals surface area contributed by atoms with E-state index in [4.69, 9.17) is 4.74 Å². The van der Waals surface area contributed by atoms with Crippen LogP contribution in [0, 0.1) is 0 Å². The number of likely N-dealkylation sites (tertiary alicyclic amines) is 1. The largest absolute Gasteiger partial charge is 0.463 e. The fourth-order valence-corrected chi connectivity index (χ4v) is 2.33. The molecule has 2 aromatic heterocycles. The molecule has 94 valence electrons. The first-order valence-corrected chi connectivity index (χ1v) is 6.45. The summed E-state index contributed by atoms with van der Waals surface area (Å²) in [7, 11) is 1.79. The molecular formula is C11H12N4O2S. The minimum Gasteiger partial charge on any atom is -0.463 e. The summed E-state index contributed by atoms with van der Waals surface area (Å²) in [6.45, 7) is 1.18. The maximum atomic E-state index is 12.0. The van der Waals surface area contributed by atoms with Crippen molar-refractivity contribution in [2.45, 2.75) is 6.10 Å². The molecule has 1 aliphatic rings. The lowest BCUT2D eigenvalue weighted by atomic mass is 10.1. The van der Waals surface area contributed by atoms with Crippen molar-refractivity contribution in [1.29, 1.82) is 0 Å². The van der Waals surface area contributed by atoms with Gasteiger partial charge in [0.25, 0.3) is 11.1 Å². The Labute approximate surface area is 108 Å². The lowest BCUT2D eigenvalue weighted by Crippen LogP contribution is -2.56. The molecule has 0 radical (unpaired) electrons. The van der Waals surface area contributed by atoms with Crippen molar-refractivity contribution < 1.29 is 9.53 Å². The maximum absolute atomic E-state index is 12.0. The Kier molecular flexibility index (Phi) is 2.75. The van der Waals surface area contributed by atoms with Crippen molar-refractivity contribution in [2.75, 3.05) is 13.1 Å². The van der Waals surface area contributed by atoms with Crippen LogP contribution in [0.2, 0.25) is 0 Å². The molecule has 2 aromatic rings. The van der Waals surface area contributed by atoms with Gasteiger partial charge in [-0.25, -0.2) is 4.98 Å². The summed E-state index contributed by atoms with van der Waals surface area (Å²) in [4.78, 5) is 17.7. The van der Waals surface area contributed by atoms with E-state index >= 15 is 0 Å². The number of aryl methyl sites for hydroxylation is 1. The van der Waals surface area contributed by atoms with Crippen molar-refractivity contribution in [3.63, 3.8) is 0 Å². The number of amides is 1. The third-order valence-corrected chi connectivity index (χ3v) is 3.41. The first-order valence-electron chi connectivity index (χ1n) is 5.57. The van der Waals surface area contributed by atoms with Gasteiger partial charge < -0.3 is 9.64 Å². The standard InChI is InChI=1S/C11H12N4O2S/c1-14-4-2-9(13-14)10(16)15-6-8(7-15)17-11-12-3-5-18-11/h2-5,8H,6-7H2,1H3. The van der Waals surface area contributed by atoms with Crippen LogP contribution in [-0.4, -0.2) is 44.8 Å². The van der Waals surface area contributed by atoms with Crippen LogP contribution in [0.5, 0.6) is 5.19 Å². The van der Waals surface area contributed by atoms with Crippen molar-refractivity contribution in [2.24, 2.45) is 7.05 Å². The van der Waals surface area contributed by atoms with Gasteiger partial charge in [0, 0.05) is 24.8 Å². The Bertz CT molecular complexity index is 545. The number of carbonyl (C=O) groups excluding carboxylic acids is 1. The number of aromatic nitrogens is 3. The van der Waals surface area contributed by atoms with Crippen LogP contribution in [0.25, 0.3) is 0 Å². The summed E-state index contributed by atoms with van der Waals surface area (Å²) in [5, 5.41) is 6.61. The number of hydrogen-bond donors (Lipinski definition) is 0. The van der Waals surface area contributed by atoms with Gasteiger partial charge in [0.15, 0.2) is 0 Å². The van der Waals surface area contributed by atoms with Gasteiger partial charge in [-0.05, 0) is 6.07 Å². The van der Waals surface area contributed by atoms with E-state index in [0.717, 1.165) is 0 Å². The smallest absolute Gasteiger partial charge is 0.274 e. The van der Waals surface area contributed by atoms with E-state index in [1.165, 1.54) is 11.3 Å². The zero-order valence-corrected chi connectivity index (χ0v) is 10.6. The second-order valence-corrected chi connectivity index (χ2v) is 4.98. The monoisotopic (exact) mass is 264 g/mol. The third kappa shape index (κ3) is 2.08. The molecule has 0 aromatic carbocycles. The molecule has 7 heteroatoms. The molecule has 0 spiro atoms. The number of thiazole rings is 1. The van der Waals surface area contributed by atoms with Crippen LogP contribution in [-0.2, 0) is 7.05 Å². The van der Waals surface area contributed by atoms with E-state index in [9.17, 15) is 4.79 Å². The summed E-state index contributed by atoms with van der Waals surface area (Å²) in [6.07, 6.45) is 3.51. The van der Waals surface area contributed by atoms with Crippen molar-refractivity contribution in [3.8, 4) is 5.19 Å². The second-order valence-electron chi connectivity index (χ2n) is 4.12. The molecule has 0 bridgehead atoms. The van der Waals surface area contributed by atoms with Crippen LogP contribution < -0.4 is 4.74 Å². The van der Waals surface area contributed by atoms with E-state index in [2.05, 4.69) is 10.1 Å². The average molecular weight is 264 g/mol. The predicted molar refractivity (Wildman–Crippen MR) is 65.6 cm³/mol. The first kappa shape index (κ1) is 11.2. The molecule has 3 rings (SSSR count). The number of hydrogen-bond acceptors (Lipinski definition) is 5. The van der Waals surface area contributed by atoms with Gasteiger partial charge in [0.2, 0.25) is 0 Å². The first-order chi connectivity index (χ1) is 8.72. The highest BCUT2D eigenvalue weighted by Crippen LogP contribution is 2.21. The summed E-state index contributed by atoms with van der Waals surface area (Å²) in [5.74, 6) is -0.0467. The topological polar surface area (TPSA) is 60.2 Å². The number of rotatable bonds is 3. The molecule has 1 saturated heterocycles. The van der Waals surface area contributed by atoms with E-state index in [1.807, 2.05) is 5.38 Å². The summed E-state index contributed by atoms with van der Waals surface area (Å²) >= 11 is 1.46. The fourth-order valence-electron chi connectivity index (χ4n) is 1.78. The Morgan fingerprint density at radius 3 is 3.00 bits per heavy atom. The fraction of sp³-hybridized carbons (Fsp3) is 0.364. The van der Waals surface area contributed by atoms with Gasteiger partial charge in [0.05, 0.1) is 13.1 Å². The quantitative estimate of drug-likeness (QED) is 0.822. The van der Waals surface area contributed by atoms with Crippen molar-refractivity contribution in [1.82, 2.24) is 19.7 Å². The van der Waals surface area contributed by atoms with Crippen LogP contribution >= 0.6 is 11.3 Å². The molecule has 0 atom stereocenters. The van der Waals surface area contributed by atoms with E-state index in [1.54, 1.807) is 35.1 Å². The average Bonchev–Trinajstić information content (AvgIpc) is 2.93. The SMILES string of the molecule is Cn1ccc(C(=O)N2CC(Oc3nccs3)C2)n1. The molecule has 1 amide bonds. The molecule has 0 N–H and O–H groups in total. The summed E-state index contributed by atoms with van der Waals surface area (Å²) < 4.78 is 7.22. The number of carbonyl (C=O) groups is 1. The highest BCUT2D eigenvalue weighted by Gasteiger charge is 2.34. The molecule has 6 nitrogen and oxygen atoms in total. The van der Waals surface area contributed by atoms with E-state index in [0.29, 0.717) is 24.0 Å². The Morgan fingerprint density at radius 1 is 1.56 bits per heavy atom. The van der Waals surface area contributed by atoms with Crippen molar-refractivity contribution >= 4 is 17.2 Å².